The van der Waals surface area contributed by atoms with Gasteiger partial charge in [0.2, 0.25) is 12.7 Å². The quantitative estimate of drug-likeness (QED) is 0.432. The Morgan fingerprint density at radius 1 is 1.21 bits per heavy atom. The van der Waals surface area contributed by atoms with Crippen molar-refractivity contribution in [2.45, 2.75) is 19.9 Å². The van der Waals surface area contributed by atoms with Crippen molar-refractivity contribution in [3.63, 3.8) is 0 Å². The van der Waals surface area contributed by atoms with Crippen LogP contribution < -0.4 is 19.5 Å². The summed E-state index contributed by atoms with van der Waals surface area (Å²) in [4.78, 5) is 23.3. The molecule has 0 saturated heterocycles. The Balaban J connectivity index is 1.78. The Labute approximate surface area is 168 Å². The number of amides is 1. The summed E-state index contributed by atoms with van der Waals surface area (Å²) in [6, 6.07) is 10.0. The van der Waals surface area contributed by atoms with E-state index in [-0.39, 0.29) is 35.9 Å². The van der Waals surface area contributed by atoms with Gasteiger partial charge in [-0.3, -0.25) is 14.9 Å². The second kappa shape index (κ2) is 8.64. The summed E-state index contributed by atoms with van der Waals surface area (Å²) in [5, 5.41) is 14.3. The molecule has 152 valence electrons. The van der Waals surface area contributed by atoms with E-state index in [4.69, 9.17) is 14.2 Å². The number of benzene rings is 2. The Bertz CT molecular complexity index is 937. The highest BCUT2D eigenvalue weighted by atomic mass is 16.7. The molecule has 29 heavy (non-hydrogen) atoms. The number of carbonyl (C=O) groups is 1. The molecule has 0 aromatic heterocycles. The molecule has 8 nitrogen and oxygen atoms in total. The third-order valence-electron chi connectivity index (χ3n) is 4.57. The Morgan fingerprint density at radius 3 is 2.45 bits per heavy atom. The second-order valence-electron chi connectivity index (χ2n) is 6.86. The zero-order chi connectivity index (χ0) is 21.0. The molecule has 0 bridgehead atoms. The number of nitrogens with zero attached hydrogens (tertiary/aromatic N) is 1. The number of methoxy groups -OCH3 is 1. The molecule has 1 unspecified atom stereocenters. The summed E-state index contributed by atoms with van der Waals surface area (Å²) < 4.78 is 15.6. The van der Waals surface area contributed by atoms with Gasteiger partial charge in [0.15, 0.2) is 11.5 Å². The van der Waals surface area contributed by atoms with E-state index >= 15 is 0 Å². The van der Waals surface area contributed by atoms with E-state index < -0.39 is 4.92 Å². The number of nitrogens with one attached hydrogen (secondary N) is 1. The van der Waals surface area contributed by atoms with E-state index in [2.05, 4.69) is 5.32 Å². The average Bonchev–Trinajstić information content (AvgIpc) is 3.17. The first kappa shape index (κ1) is 20.2. The number of fused-ring (bicyclic) bond motifs is 1. The van der Waals surface area contributed by atoms with Crippen molar-refractivity contribution >= 4 is 17.7 Å². The molecule has 8 heteroatoms. The lowest BCUT2D eigenvalue weighted by Crippen LogP contribution is -2.30. The van der Waals surface area contributed by atoms with Crippen LogP contribution in [0.25, 0.3) is 6.08 Å². The highest BCUT2D eigenvalue weighted by Crippen LogP contribution is 2.38. The molecule has 0 aliphatic carbocycles. The van der Waals surface area contributed by atoms with E-state index in [0.29, 0.717) is 11.5 Å². The lowest BCUT2D eigenvalue weighted by molar-refractivity contribution is -0.385. The minimum absolute atomic E-state index is 0.0120. The third kappa shape index (κ3) is 4.66. The molecule has 2 aromatic rings. The number of nitro benzene ring substituents is 1. The molecule has 0 fully saturated rings. The van der Waals surface area contributed by atoms with Gasteiger partial charge in [0.25, 0.3) is 5.69 Å². The van der Waals surface area contributed by atoms with E-state index in [1.165, 1.54) is 24.3 Å². The summed E-state index contributed by atoms with van der Waals surface area (Å²) in [6.07, 6.45) is 2.68. The first-order valence-corrected chi connectivity index (χ1v) is 9.09. The van der Waals surface area contributed by atoms with Gasteiger partial charge in [0, 0.05) is 6.08 Å². The minimum Gasteiger partial charge on any atom is -0.497 e. The standard InChI is InChI=1S/C21H22N2O6/c1-13(2)21(14-4-7-16(27-3)8-5-14)22-20(24)9-6-15-10-18-19(29-12-28-18)11-17(15)23(25)26/h4-11,13,21H,12H2,1-3H3,(H,22,24)/b9-6+. The second-order valence-corrected chi connectivity index (χ2v) is 6.86. The molecule has 0 spiro atoms. The monoisotopic (exact) mass is 398 g/mol. The van der Waals surface area contributed by atoms with Gasteiger partial charge in [0.1, 0.15) is 5.75 Å². The summed E-state index contributed by atoms with van der Waals surface area (Å²) in [6.45, 7) is 4.02. The molecule has 1 aliphatic heterocycles. The summed E-state index contributed by atoms with van der Waals surface area (Å²) in [5.74, 6) is 1.25. The number of ether oxygens (including phenoxy) is 3. The lowest BCUT2D eigenvalue weighted by atomic mass is 9.96. The maximum atomic E-state index is 12.5. The molecule has 0 saturated carbocycles. The van der Waals surface area contributed by atoms with Crippen LogP contribution in [0.5, 0.6) is 17.2 Å². The van der Waals surface area contributed by atoms with Gasteiger partial charge in [-0.1, -0.05) is 26.0 Å². The van der Waals surface area contributed by atoms with Crippen LogP contribution in [0.2, 0.25) is 0 Å². The van der Waals surface area contributed by atoms with Crippen LogP contribution >= 0.6 is 0 Å². The van der Waals surface area contributed by atoms with Gasteiger partial charge in [0.05, 0.1) is 29.7 Å². The SMILES string of the molecule is COc1ccc(C(NC(=O)/C=C/c2cc3c(cc2[N+](=O)[O-])OCO3)C(C)C)cc1. The predicted octanol–water partition coefficient (Wildman–Crippen LogP) is 3.86. The highest BCUT2D eigenvalue weighted by Gasteiger charge is 2.22. The summed E-state index contributed by atoms with van der Waals surface area (Å²) in [5.41, 5.74) is 1.05. The van der Waals surface area contributed by atoms with Gasteiger partial charge < -0.3 is 19.5 Å². The van der Waals surface area contributed by atoms with Crippen LogP contribution in [0.4, 0.5) is 5.69 Å². The first-order chi connectivity index (χ1) is 13.9. The van der Waals surface area contributed by atoms with E-state index in [1.807, 2.05) is 38.1 Å². The molecule has 2 aromatic carbocycles. The van der Waals surface area contributed by atoms with Gasteiger partial charge in [-0.2, -0.15) is 0 Å². The maximum absolute atomic E-state index is 12.5. The van der Waals surface area contributed by atoms with E-state index in [9.17, 15) is 14.9 Å². The average molecular weight is 398 g/mol. The van der Waals surface area contributed by atoms with Crippen LogP contribution in [-0.4, -0.2) is 24.7 Å². The molecule has 1 N–H and O–H groups in total. The van der Waals surface area contributed by atoms with Crippen LogP contribution in [0, 0.1) is 16.0 Å². The fourth-order valence-corrected chi connectivity index (χ4v) is 3.05. The van der Waals surface area contributed by atoms with Crippen LogP contribution in [0.15, 0.2) is 42.5 Å². The number of hydrogen-bond donors (Lipinski definition) is 1. The Kier molecular flexibility index (Phi) is 6.01. The predicted molar refractivity (Wildman–Crippen MR) is 107 cm³/mol. The minimum atomic E-state index is -0.520. The van der Waals surface area contributed by atoms with Gasteiger partial charge in [-0.15, -0.1) is 0 Å². The molecule has 1 atom stereocenters. The maximum Gasteiger partial charge on any atom is 0.280 e. The van der Waals surface area contributed by atoms with Crippen molar-refractivity contribution in [3.05, 3.63) is 63.7 Å². The van der Waals surface area contributed by atoms with Crippen molar-refractivity contribution in [3.8, 4) is 17.2 Å². The van der Waals surface area contributed by atoms with Crippen LogP contribution in [0.1, 0.15) is 31.0 Å². The summed E-state index contributed by atoms with van der Waals surface area (Å²) >= 11 is 0. The zero-order valence-corrected chi connectivity index (χ0v) is 16.4. The van der Waals surface area contributed by atoms with E-state index in [0.717, 1.165) is 11.3 Å². The largest absolute Gasteiger partial charge is 0.497 e. The van der Waals surface area contributed by atoms with Crippen molar-refractivity contribution in [1.82, 2.24) is 5.32 Å². The van der Waals surface area contributed by atoms with E-state index in [1.54, 1.807) is 7.11 Å². The van der Waals surface area contributed by atoms with Gasteiger partial charge in [-0.05, 0) is 35.8 Å². The molecule has 0 radical (unpaired) electrons. The molecule has 1 aliphatic rings. The van der Waals surface area contributed by atoms with Crippen molar-refractivity contribution in [1.29, 1.82) is 0 Å². The zero-order valence-electron chi connectivity index (χ0n) is 16.4. The fourth-order valence-electron chi connectivity index (χ4n) is 3.05. The normalized spacial score (nSPS) is 13.5. The number of rotatable bonds is 7. The number of carbonyl (C=O) groups excluding carboxylic acids is 1. The molecule has 3 rings (SSSR count). The number of nitro groups is 1. The third-order valence-corrected chi connectivity index (χ3v) is 4.57. The Morgan fingerprint density at radius 2 is 1.86 bits per heavy atom. The lowest BCUT2D eigenvalue weighted by Gasteiger charge is -2.22. The van der Waals surface area contributed by atoms with Gasteiger partial charge in [-0.25, -0.2) is 0 Å². The molecular weight excluding hydrogens is 376 g/mol. The van der Waals surface area contributed by atoms with Crippen molar-refractivity contribution < 1.29 is 23.9 Å². The van der Waals surface area contributed by atoms with Crippen molar-refractivity contribution in [2.75, 3.05) is 13.9 Å². The van der Waals surface area contributed by atoms with Crippen molar-refractivity contribution in [2.24, 2.45) is 5.92 Å². The molecule has 1 heterocycles. The molecule has 1 amide bonds. The smallest absolute Gasteiger partial charge is 0.280 e. The molecular formula is C21H22N2O6. The first-order valence-electron chi connectivity index (χ1n) is 9.09. The number of hydrogen-bond acceptors (Lipinski definition) is 6. The fraction of sp³-hybridized carbons (Fsp3) is 0.286. The van der Waals surface area contributed by atoms with Crippen LogP contribution in [0.3, 0.4) is 0 Å². The van der Waals surface area contributed by atoms with Crippen LogP contribution in [-0.2, 0) is 4.79 Å². The topological polar surface area (TPSA) is 99.9 Å². The summed E-state index contributed by atoms with van der Waals surface area (Å²) in [7, 11) is 1.59. The highest BCUT2D eigenvalue weighted by molar-refractivity contribution is 5.92. The Hall–Kier alpha value is -3.55. The van der Waals surface area contributed by atoms with Gasteiger partial charge >= 0.3 is 0 Å².